The molecule has 1 nitrogen and oxygen atoms in total. The predicted molar refractivity (Wildman–Crippen MR) is 101 cm³/mol. The van der Waals surface area contributed by atoms with Crippen LogP contribution in [0.15, 0.2) is 6.20 Å². The molecular weight excluding hydrogens is 381 g/mol. The Hall–Kier alpha value is 0.429. The van der Waals surface area contributed by atoms with E-state index in [1.54, 1.807) is 16.2 Å². The summed E-state index contributed by atoms with van der Waals surface area (Å²) < 4.78 is 6.46. The molecule has 0 spiro atoms. The summed E-state index contributed by atoms with van der Waals surface area (Å²) in [4.78, 5) is 4.78. The van der Waals surface area contributed by atoms with Crippen LogP contribution in [0.25, 0.3) is 0 Å². The SMILES string of the molecule is CCC[CH2][Sn]([CH2]CCC)([CH2]CCC)[c]1cnc(C(C)C)s1. The molecule has 0 aliphatic heterocycles. The zero-order valence-corrected chi connectivity index (χ0v) is 18.5. The number of thiazole rings is 1. The first-order valence-electron chi connectivity index (χ1n) is 9.05. The van der Waals surface area contributed by atoms with E-state index in [-0.39, 0.29) is 0 Å². The van der Waals surface area contributed by atoms with Gasteiger partial charge in [0.15, 0.2) is 0 Å². The van der Waals surface area contributed by atoms with Crippen molar-refractivity contribution in [3.63, 3.8) is 0 Å². The summed E-state index contributed by atoms with van der Waals surface area (Å²) in [7, 11) is 0. The molecule has 0 N–H and O–H groups in total. The maximum atomic E-state index is 4.78. The van der Waals surface area contributed by atoms with Crippen LogP contribution in [0, 0.1) is 0 Å². The van der Waals surface area contributed by atoms with Crippen molar-refractivity contribution in [3.05, 3.63) is 11.2 Å². The van der Waals surface area contributed by atoms with Gasteiger partial charge in [-0.2, -0.15) is 0 Å². The second-order valence-corrected chi connectivity index (χ2v) is 22.0. The molecule has 0 aliphatic carbocycles. The van der Waals surface area contributed by atoms with Gasteiger partial charge in [0.25, 0.3) is 0 Å². The number of hydrogen-bond donors (Lipinski definition) is 0. The molecule has 1 rings (SSSR count). The summed E-state index contributed by atoms with van der Waals surface area (Å²) in [5.74, 6) is 0.594. The molecule has 0 bridgehead atoms. The average molecular weight is 416 g/mol. The molecule has 1 heterocycles. The molecule has 1 aromatic heterocycles. The molecule has 0 unspecified atom stereocenters. The van der Waals surface area contributed by atoms with Crippen LogP contribution in [-0.4, -0.2) is 23.4 Å². The van der Waals surface area contributed by atoms with Crippen LogP contribution >= 0.6 is 11.3 Å². The Morgan fingerprint density at radius 2 is 1.43 bits per heavy atom. The Bertz CT molecular complexity index is 365. The molecule has 3 heteroatoms. The van der Waals surface area contributed by atoms with Gasteiger partial charge in [0.1, 0.15) is 0 Å². The maximum absolute atomic E-state index is 4.78. The number of hydrogen-bond acceptors (Lipinski definition) is 2. The quantitative estimate of drug-likeness (QED) is 0.385. The van der Waals surface area contributed by atoms with Crippen LogP contribution in [0.2, 0.25) is 13.3 Å². The van der Waals surface area contributed by atoms with Gasteiger partial charge < -0.3 is 0 Å². The van der Waals surface area contributed by atoms with Crippen molar-refractivity contribution in [2.75, 3.05) is 0 Å². The van der Waals surface area contributed by atoms with Gasteiger partial charge in [0.2, 0.25) is 0 Å². The first-order chi connectivity index (χ1) is 10.1. The molecule has 0 saturated carbocycles. The van der Waals surface area contributed by atoms with Gasteiger partial charge in [-0.25, -0.2) is 0 Å². The van der Waals surface area contributed by atoms with Gasteiger partial charge in [-0.3, -0.25) is 0 Å². The number of unbranched alkanes of at least 4 members (excludes halogenated alkanes) is 3. The van der Waals surface area contributed by atoms with E-state index in [1.165, 1.54) is 43.5 Å². The fourth-order valence-corrected chi connectivity index (χ4v) is 22.8. The molecule has 21 heavy (non-hydrogen) atoms. The van der Waals surface area contributed by atoms with Crippen molar-refractivity contribution in [1.29, 1.82) is 0 Å². The van der Waals surface area contributed by atoms with E-state index in [0.29, 0.717) is 5.92 Å². The van der Waals surface area contributed by atoms with Crippen LogP contribution in [0.5, 0.6) is 0 Å². The zero-order valence-electron chi connectivity index (χ0n) is 14.9. The van der Waals surface area contributed by atoms with Gasteiger partial charge >= 0.3 is 141 Å². The first-order valence-corrected chi connectivity index (χ1v) is 17.4. The Balaban J connectivity index is 3.03. The van der Waals surface area contributed by atoms with Gasteiger partial charge in [0.05, 0.1) is 0 Å². The third-order valence-electron chi connectivity index (χ3n) is 4.57. The van der Waals surface area contributed by atoms with Crippen LogP contribution in [-0.2, 0) is 0 Å². The minimum absolute atomic E-state index is 0.594. The van der Waals surface area contributed by atoms with Crippen LogP contribution in [0.4, 0.5) is 0 Å². The number of rotatable bonds is 11. The van der Waals surface area contributed by atoms with Gasteiger partial charge in [-0.1, -0.05) is 0 Å². The first kappa shape index (κ1) is 19.5. The van der Waals surface area contributed by atoms with E-state index in [0.717, 1.165) is 0 Å². The summed E-state index contributed by atoms with van der Waals surface area (Å²) in [6, 6.07) is 0. The van der Waals surface area contributed by atoms with Crippen LogP contribution in [0.3, 0.4) is 0 Å². The summed E-state index contributed by atoms with van der Waals surface area (Å²) in [5.41, 5.74) is 0. The van der Waals surface area contributed by atoms with Gasteiger partial charge in [-0.05, 0) is 0 Å². The topological polar surface area (TPSA) is 12.9 Å². The molecule has 0 radical (unpaired) electrons. The van der Waals surface area contributed by atoms with Crippen molar-refractivity contribution in [1.82, 2.24) is 4.98 Å². The van der Waals surface area contributed by atoms with Crippen molar-refractivity contribution in [2.45, 2.75) is 92.4 Å². The Kier molecular flexibility index (Phi) is 9.51. The second-order valence-electron chi connectivity index (χ2n) is 6.81. The second kappa shape index (κ2) is 10.2. The number of aromatic nitrogens is 1. The van der Waals surface area contributed by atoms with E-state index >= 15 is 0 Å². The molecule has 0 atom stereocenters. The van der Waals surface area contributed by atoms with E-state index < -0.39 is 18.4 Å². The van der Waals surface area contributed by atoms with Gasteiger partial charge in [0, 0.05) is 0 Å². The van der Waals surface area contributed by atoms with Crippen molar-refractivity contribution < 1.29 is 0 Å². The third-order valence-corrected chi connectivity index (χ3v) is 24.0. The predicted octanol–water partition coefficient (Wildman–Crippen LogP) is 6.32. The standard InChI is InChI=1S/C6H8NS.3C4H9.Sn/c1-5(2)6-7-3-4-8-6;3*1-3-4-2;/h3,5H,1-2H3;3*1,3-4H2,2H3;. The van der Waals surface area contributed by atoms with E-state index in [1.807, 2.05) is 0 Å². The minimum atomic E-state index is -2.18. The molecule has 0 amide bonds. The summed E-state index contributed by atoms with van der Waals surface area (Å²) >= 11 is -0.0992. The summed E-state index contributed by atoms with van der Waals surface area (Å²) in [5, 5.41) is 1.37. The third kappa shape index (κ3) is 5.85. The van der Waals surface area contributed by atoms with Crippen molar-refractivity contribution >= 4 is 32.6 Å². The van der Waals surface area contributed by atoms with Crippen molar-refractivity contribution in [2.24, 2.45) is 0 Å². The Morgan fingerprint density at radius 1 is 0.952 bits per heavy atom. The molecule has 0 saturated heterocycles. The summed E-state index contributed by atoms with van der Waals surface area (Å²) in [6.45, 7) is 11.6. The molecular formula is C18H35NSSn. The van der Waals surface area contributed by atoms with E-state index in [4.69, 9.17) is 4.98 Å². The molecule has 1 aromatic rings. The van der Waals surface area contributed by atoms with Crippen molar-refractivity contribution in [3.8, 4) is 0 Å². The van der Waals surface area contributed by atoms with E-state index in [2.05, 4.69) is 52.2 Å². The fraction of sp³-hybridized carbons (Fsp3) is 0.833. The molecule has 0 fully saturated rings. The molecule has 122 valence electrons. The monoisotopic (exact) mass is 417 g/mol. The van der Waals surface area contributed by atoms with Crippen LogP contribution in [0.1, 0.15) is 84.1 Å². The van der Waals surface area contributed by atoms with Crippen LogP contribution < -0.4 is 2.89 Å². The normalized spacial score (nSPS) is 12.3. The Labute approximate surface area is 140 Å². The molecule has 0 aromatic carbocycles. The fourth-order valence-electron chi connectivity index (χ4n) is 3.09. The summed E-state index contributed by atoms with van der Waals surface area (Å²) in [6.07, 6.45) is 10.7. The number of nitrogens with zero attached hydrogens (tertiary/aromatic N) is 1. The average Bonchev–Trinajstić information content (AvgIpc) is 2.97. The molecule has 0 aliphatic rings. The van der Waals surface area contributed by atoms with Gasteiger partial charge in [-0.15, -0.1) is 0 Å². The van der Waals surface area contributed by atoms with E-state index in [9.17, 15) is 0 Å². The zero-order chi connectivity index (χ0) is 15.7. The Morgan fingerprint density at radius 3 is 1.76 bits per heavy atom.